The number of aliphatic hydroxyl groups excluding tert-OH is 1. The summed E-state index contributed by atoms with van der Waals surface area (Å²) in [6.45, 7) is 5.21. The molecule has 9 heteroatoms. The van der Waals surface area contributed by atoms with E-state index in [0.717, 1.165) is 5.56 Å². The number of nitrogens with zero attached hydrogens (tertiary/aromatic N) is 1. The standard InChI is InChI=1S/C25H34N4O5/c1-25(2)16-13-29(18(30)9-8-14-6-4-3-5-7-14)20(19(16)25)24(34)28-17(21(31)22(26)32)12-15-10-11-27-23(15)33/h3-7,15-17,19-21,31H,8-13H2,1-2H3,(H2,26,32)(H,27,33)(H,28,34)/t15-,16-,17-,19-,20-,21+/m0/s1. The normalized spacial score (nSPS) is 28.6. The first-order chi connectivity index (χ1) is 16.1. The Morgan fingerprint density at radius 3 is 2.59 bits per heavy atom. The van der Waals surface area contributed by atoms with E-state index in [1.807, 2.05) is 30.3 Å². The summed E-state index contributed by atoms with van der Waals surface area (Å²) in [6.07, 6.45) is -0.0776. The van der Waals surface area contributed by atoms with E-state index in [1.165, 1.54) is 0 Å². The molecule has 1 saturated carbocycles. The minimum Gasteiger partial charge on any atom is -0.381 e. The number of rotatable bonds is 9. The molecule has 0 unspecified atom stereocenters. The van der Waals surface area contributed by atoms with Gasteiger partial charge in [0.2, 0.25) is 23.6 Å². The lowest BCUT2D eigenvalue weighted by Crippen LogP contribution is -2.56. The van der Waals surface area contributed by atoms with Crippen LogP contribution >= 0.6 is 0 Å². The van der Waals surface area contributed by atoms with Gasteiger partial charge in [-0.1, -0.05) is 44.2 Å². The van der Waals surface area contributed by atoms with Gasteiger partial charge in [0, 0.05) is 25.4 Å². The van der Waals surface area contributed by atoms with Crippen LogP contribution in [-0.4, -0.2) is 64.9 Å². The van der Waals surface area contributed by atoms with Gasteiger partial charge in [-0.15, -0.1) is 0 Å². The fourth-order valence-electron chi connectivity index (χ4n) is 5.79. The Morgan fingerprint density at radius 1 is 1.26 bits per heavy atom. The molecule has 4 rings (SSSR count). The number of likely N-dealkylation sites (tertiary alicyclic amines) is 1. The summed E-state index contributed by atoms with van der Waals surface area (Å²) in [4.78, 5) is 52.0. The lowest BCUT2D eigenvalue weighted by molar-refractivity contribution is -0.141. The molecule has 0 spiro atoms. The van der Waals surface area contributed by atoms with Crippen molar-refractivity contribution in [3.8, 4) is 0 Å². The number of aliphatic hydroxyl groups is 1. The van der Waals surface area contributed by atoms with Crippen LogP contribution in [0.1, 0.15) is 38.7 Å². The number of carbonyl (C=O) groups excluding carboxylic acids is 4. The zero-order valence-corrected chi connectivity index (χ0v) is 19.7. The first-order valence-corrected chi connectivity index (χ1v) is 12.0. The number of piperidine rings is 1. The Hall–Kier alpha value is -2.94. The SMILES string of the molecule is CC1(C)[C@@H]2[C@@H](C(=O)N[C@@H](C[C@@H]3CCNC3=O)[C@@H](O)C(N)=O)N(C(=O)CCc3ccccc3)C[C@@H]21. The molecule has 1 aromatic carbocycles. The molecular formula is C25H34N4O5. The number of amides is 4. The van der Waals surface area contributed by atoms with Crippen LogP contribution in [0.3, 0.4) is 0 Å². The average Bonchev–Trinajstić information content (AvgIpc) is 3.16. The van der Waals surface area contributed by atoms with Crippen molar-refractivity contribution in [2.45, 2.75) is 57.7 Å². The molecule has 9 nitrogen and oxygen atoms in total. The van der Waals surface area contributed by atoms with Crippen molar-refractivity contribution in [3.05, 3.63) is 35.9 Å². The topological polar surface area (TPSA) is 142 Å². The van der Waals surface area contributed by atoms with Crippen molar-refractivity contribution in [3.63, 3.8) is 0 Å². The van der Waals surface area contributed by atoms with Gasteiger partial charge >= 0.3 is 0 Å². The molecule has 34 heavy (non-hydrogen) atoms. The van der Waals surface area contributed by atoms with Crippen LogP contribution in [0.15, 0.2) is 30.3 Å². The first-order valence-electron chi connectivity index (χ1n) is 12.0. The number of hydrogen-bond donors (Lipinski definition) is 4. The number of benzene rings is 1. The number of primary amides is 1. The predicted octanol–water partition coefficient (Wildman–Crippen LogP) is -0.0406. The zero-order valence-electron chi connectivity index (χ0n) is 19.7. The van der Waals surface area contributed by atoms with Crippen molar-refractivity contribution in [2.24, 2.45) is 28.9 Å². The van der Waals surface area contributed by atoms with Crippen molar-refractivity contribution in [2.75, 3.05) is 13.1 Å². The molecule has 3 aliphatic rings. The van der Waals surface area contributed by atoms with Gasteiger partial charge in [0.1, 0.15) is 6.04 Å². The van der Waals surface area contributed by atoms with Gasteiger partial charge in [-0.05, 0) is 42.1 Å². The molecule has 3 fully saturated rings. The van der Waals surface area contributed by atoms with Gasteiger partial charge in [-0.2, -0.15) is 0 Å². The van der Waals surface area contributed by atoms with E-state index in [4.69, 9.17) is 5.73 Å². The highest BCUT2D eigenvalue weighted by atomic mass is 16.3. The van der Waals surface area contributed by atoms with Gasteiger partial charge in [0.25, 0.3) is 0 Å². The van der Waals surface area contributed by atoms with E-state index in [9.17, 15) is 24.3 Å². The Labute approximate surface area is 199 Å². The summed E-state index contributed by atoms with van der Waals surface area (Å²) in [5, 5.41) is 15.9. The van der Waals surface area contributed by atoms with E-state index in [0.29, 0.717) is 32.4 Å². The van der Waals surface area contributed by atoms with Gasteiger partial charge in [0.05, 0.1) is 6.04 Å². The molecule has 1 aromatic rings. The zero-order chi connectivity index (χ0) is 24.6. The van der Waals surface area contributed by atoms with Crippen LogP contribution in [0.5, 0.6) is 0 Å². The predicted molar refractivity (Wildman–Crippen MR) is 124 cm³/mol. The molecule has 4 amide bonds. The number of hydrogen-bond acceptors (Lipinski definition) is 5. The highest BCUT2D eigenvalue weighted by Crippen LogP contribution is 2.64. The second-order valence-electron chi connectivity index (χ2n) is 10.4. The third-order valence-electron chi connectivity index (χ3n) is 7.97. The highest BCUT2D eigenvalue weighted by molar-refractivity contribution is 5.91. The largest absolute Gasteiger partial charge is 0.381 e. The Balaban J connectivity index is 1.47. The van der Waals surface area contributed by atoms with E-state index in [2.05, 4.69) is 24.5 Å². The summed E-state index contributed by atoms with van der Waals surface area (Å²) >= 11 is 0. The molecule has 2 heterocycles. The van der Waals surface area contributed by atoms with Crippen molar-refractivity contribution in [1.82, 2.24) is 15.5 Å². The quantitative estimate of drug-likeness (QED) is 0.401. The maximum absolute atomic E-state index is 13.5. The van der Waals surface area contributed by atoms with Crippen molar-refractivity contribution >= 4 is 23.6 Å². The molecule has 184 valence electrons. The molecule has 0 aromatic heterocycles. The summed E-state index contributed by atoms with van der Waals surface area (Å²) in [5.41, 5.74) is 6.31. The van der Waals surface area contributed by atoms with Gasteiger partial charge in [0.15, 0.2) is 6.10 Å². The van der Waals surface area contributed by atoms with Crippen LogP contribution in [-0.2, 0) is 25.6 Å². The number of nitrogens with one attached hydrogen (secondary N) is 2. The fourth-order valence-corrected chi connectivity index (χ4v) is 5.79. The third-order valence-corrected chi connectivity index (χ3v) is 7.97. The Morgan fingerprint density at radius 2 is 1.97 bits per heavy atom. The smallest absolute Gasteiger partial charge is 0.248 e. The molecule has 0 radical (unpaired) electrons. The molecular weight excluding hydrogens is 436 g/mol. The maximum atomic E-state index is 13.5. The Bertz CT molecular complexity index is 965. The molecule has 5 N–H and O–H groups in total. The number of aryl methyl sites for hydroxylation is 1. The van der Waals surface area contributed by atoms with Crippen LogP contribution in [0.2, 0.25) is 0 Å². The number of carbonyl (C=O) groups is 4. The minimum absolute atomic E-state index is 0.00863. The molecule has 2 saturated heterocycles. The van der Waals surface area contributed by atoms with Crippen LogP contribution in [0.4, 0.5) is 0 Å². The third kappa shape index (κ3) is 4.66. The highest BCUT2D eigenvalue weighted by Gasteiger charge is 2.69. The van der Waals surface area contributed by atoms with Crippen LogP contribution < -0.4 is 16.4 Å². The lowest BCUT2D eigenvalue weighted by Gasteiger charge is -2.32. The summed E-state index contributed by atoms with van der Waals surface area (Å²) in [7, 11) is 0. The molecule has 2 aliphatic heterocycles. The Kier molecular flexibility index (Phi) is 6.66. The maximum Gasteiger partial charge on any atom is 0.248 e. The van der Waals surface area contributed by atoms with Gasteiger partial charge in [-0.25, -0.2) is 0 Å². The summed E-state index contributed by atoms with van der Waals surface area (Å²) in [5.74, 6) is -1.81. The number of nitrogens with two attached hydrogens (primary N) is 1. The van der Waals surface area contributed by atoms with Crippen molar-refractivity contribution < 1.29 is 24.3 Å². The van der Waals surface area contributed by atoms with E-state index in [1.54, 1.807) is 4.90 Å². The van der Waals surface area contributed by atoms with E-state index < -0.39 is 35.9 Å². The van der Waals surface area contributed by atoms with Crippen LogP contribution in [0, 0.1) is 23.2 Å². The minimum atomic E-state index is -1.62. The first kappa shape index (κ1) is 24.2. The number of fused-ring (bicyclic) bond motifs is 1. The van der Waals surface area contributed by atoms with Crippen molar-refractivity contribution in [1.29, 1.82) is 0 Å². The summed E-state index contributed by atoms with van der Waals surface area (Å²) in [6, 6.07) is 8.04. The van der Waals surface area contributed by atoms with Gasteiger partial charge < -0.3 is 26.4 Å². The van der Waals surface area contributed by atoms with E-state index in [-0.39, 0.29) is 35.5 Å². The average molecular weight is 471 g/mol. The monoisotopic (exact) mass is 470 g/mol. The molecule has 0 bridgehead atoms. The lowest BCUT2D eigenvalue weighted by atomic mass is 9.93. The van der Waals surface area contributed by atoms with Crippen LogP contribution in [0.25, 0.3) is 0 Å². The molecule has 6 atom stereocenters. The second-order valence-corrected chi connectivity index (χ2v) is 10.4. The molecule has 1 aliphatic carbocycles. The second kappa shape index (κ2) is 9.37. The summed E-state index contributed by atoms with van der Waals surface area (Å²) < 4.78 is 0. The van der Waals surface area contributed by atoms with Gasteiger partial charge in [-0.3, -0.25) is 19.2 Å². The van der Waals surface area contributed by atoms with E-state index >= 15 is 0 Å². The fraction of sp³-hybridized carbons (Fsp3) is 0.600.